The van der Waals surface area contributed by atoms with Gasteiger partial charge < -0.3 is 35.8 Å². The van der Waals surface area contributed by atoms with Crippen LogP contribution in [0.15, 0.2) is 109 Å². The van der Waals surface area contributed by atoms with Crippen molar-refractivity contribution in [3.63, 3.8) is 0 Å². The lowest BCUT2D eigenvalue weighted by Crippen LogP contribution is -2.29. The summed E-state index contributed by atoms with van der Waals surface area (Å²) in [6, 6.07) is 17.5. The molecule has 1 aliphatic heterocycles. The molecule has 0 atom stereocenters. The van der Waals surface area contributed by atoms with Crippen LogP contribution in [0.3, 0.4) is 0 Å². The molecule has 0 fully saturated rings. The topological polar surface area (TPSA) is 165 Å². The lowest BCUT2D eigenvalue weighted by atomic mass is 9.96. The minimum Gasteiger partial charge on any atom is -0.508 e. The van der Waals surface area contributed by atoms with E-state index in [0.717, 1.165) is 12.1 Å². The van der Waals surface area contributed by atoms with E-state index >= 15 is 0 Å². The molecule has 41 heavy (non-hydrogen) atoms. The van der Waals surface area contributed by atoms with E-state index in [2.05, 4.69) is 10.6 Å². The first-order valence-electron chi connectivity index (χ1n) is 12.2. The number of fused-ring (bicyclic) bond motifs is 1. The Morgan fingerprint density at radius 2 is 1.56 bits per heavy atom. The minimum absolute atomic E-state index is 0.00248. The van der Waals surface area contributed by atoms with E-state index in [-0.39, 0.29) is 39.8 Å². The molecule has 0 saturated carbocycles. The Morgan fingerprint density at radius 1 is 0.805 bits per heavy atom. The summed E-state index contributed by atoms with van der Waals surface area (Å²) in [4.78, 5) is 38.6. The molecule has 10 nitrogen and oxygen atoms in total. The zero-order valence-corrected chi connectivity index (χ0v) is 21.2. The Kier molecular flexibility index (Phi) is 7.12. The first-order chi connectivity index (χ1) is 19.7. The molecule has 5 rings (SSSR count). The first kappa shape index (κ1) is 26.6. The number of hydrogen-bond donors (Lipinski definition) is 6. The summed E-state index contributed by atoms with van der Waals surface area (Å²) in [7, 11) is 0. The number of hydrogen-bond acceptors (Lipinski definition) is 9. The summed E-state index contributed by atoms with van der Waals surface area (Å²) >= 11 is 0. The standard InChI is InChI=1S/C31H22N2O8/c34-20-7-3-6-18(13-20)30(39)33-26-16-21(8-4-12-32-26)41-31(40)19-14-24(35)27(25(36)15-19)29(38)23-11-10-17-5-1-2-9-22(17)28(23)37/h1-16,32,34-37H,(H,33,39). The van der Waals surface area contributed by atoms with Crippen molar-refractivity contribution in [3.8, 4) is 23.0 Å². The summed E-state index contributed by atoms with van der Waals surface area (Å²) in [6.07, 6.45) is 5.76. The second kappa shape index (κ2) is 11.0. The highest BCUT2D eigenvalue weighted by atomic mass is 16.5. The second-order valence-corrected chi connectivity index (χ2v) is 8.93. The molecule has 4 aromatic rings. The monoisotopic (exact) mass is 550 g/mol. The van der Waals surface area contributed by atoms with Gasteiger partial charge in [-0.3, -0.25) is 9.59 Å². The Morgan fingerprint density at radius 3 is 2.32 bits per heavy atom. The lowest BCUT2D eigenvalue weighted by molar-refractivity contribution is 0.0635. The number of rotatable bonds is 6. The first-order valence-corrected chi connectivity index (χ1v) is 12.2. The van der Waals surface area contributed by atoms with Gasteiger partial charge in [0.15, 0.2) is 0 Å². The van der Waals surface area contributed by atoms with Crippen molar-refractivity contribution in [1.82, 2.24) is 10.6 Å². The van der Waals surface area contributed by atoms with Crippen molar-refractivity contribution in [1.29, 1.82) is 0 Å². The number of benzene rings is 4. The SMILES string of the molecule is O=C(NC1=CC(OC(=O)c2cc(O)c(C(=O)c3ccc4ccccc4c3O)c(O)c2)=CC=CN1)c1cccc(O)c1. The number of carbonyl (C=O) groups excluding carboxylic acids is 3. The predicted octanol–water partition coefficient (Wildman–Crippen LogP) is 4.32. The number of phenolic OH excluding ortho intramolecular Hbond substituents is 4. The van der Waals surface area contributed by atoms with Crippen molar-refractivity contribution >= 4 is 28.4 Å². The Balaban J connectivity index is 1.35. The van der Waals surface area contributed by atoms with Crippen LogP contribution in [0.25, 0.3) is 10.8 Å². The van der Waals surface area contributed by atoms with Crippen molar-refractivity contribution in [3.05, 3.63) is 131 Å². The van der Waals surface area contributed by atoms with E-state index in [1.807, 2.05) is 0 Å². The van der Waals surface area contributed by atoms with Gasteiger partial charge in [0.25, 0.3) is 5.91 Å². The van der Waals surface area contributed by atoms with Crippen LogP contribution >= 0.6 is 0 Å². The van der Waals surface area contributed by atoms with Gasteiger partial charge in [-0.2, -0.15) is 0 Å². The zero-order chi connectivity index (χ0) is 29.1. The van der Waals surface area contributed by atoms with Crippen LogP contribution in [0.2, 0.25) is 0 Å². The van der Waals surface area contributed by atoms with Crippen molar-refractivity contribution in [2.75, 3.05) is 0 Å². The van der Waals surface area contributed by atoms with E-state index in [0.29, 0.717) is 10.8 Å². The molecule has 1 aliphatic rings. The average molecular weight is 551 g/mol. The quantitative estimate of drug-likeness (QED) is 0.151. The number of aromatic hydroxyl groups is 4. The normalized spacial score (nSPS) is 12.5. The van der Waals surface area contributed by atoms with Crippen LogP contribution in [-0.2, 0) is 4.74 Å². The molecule has 1 heterocycles. The number of ether oxygens (including phenoxy) is 1. The fourth-order valence-electron chi connectivity index (χ4n) is 4.19. The van der Waals surface area contributed by atoms with Gasteiger partial charge in [-0.25, -0.2) is 4.79 Å². The number of esters is 1. The molecular formula is C31H22N2O8. The van der Waals surface area contributed by atoms with Gasteiger partial charge in [-0.05, 0) is 53.9 Å². The van der Waals surface area contributed by atoms with Crippen molar-refractivity contribution < 1.29 is 39.5 Å². The van der Waals surface area contributed by atoms with E-state index in [9.17, 15) is 34.8 Å². The summed E-state index contributed by atoms with van der Waals surface area (Å²) < 4.78 is 5.37. The minimum atomic E-state index is -0.973. The van der Waals surface area contributed by atoms with Crippen LogP contribution in [0.1, 0.15) is 36.6 Å². The van der Waals surface area contributed by atoms with Gasteiger partial charge in [0.1, 0.15) is 40.1 Å². The highest BCUT2D eigenvalue weighted by Gasteiger charge is 2.25. The third-order valence-corrected chi connectivity index (χ3v) is 6.15. The van der Waals surface area contributed by atoms with Gasteiger partial charge in [0, 0.05) is 23.2 Å². The molecule has 10 heteroatoms. The Hall–Kier alpha value is -6.03. The van der Waals surface area contributed by atoms with Crippen molar-refractivity contribution in [2.45, 2.75) is 0 Å². The van der Waals surface area contributed by atoms with E-state index in [1.54, 1.807) is 30.3 Å². The van der Waals surface area contributed by atoms with Crippen LogP contribution in [0.4, 0.5) is 0 Å². The van der Waals surface area contributed by atoms with E-state index in [4.69, 9.17) is 4.74 Å². The van der Waals surface area contributed by atoms with Crippen LogP contribution in [0, 0.1) is 0 Å². The maximum atomic E-state index is 13.2. The molecule has 0 aliphatic carbocycles. The number of ketones is 1. The third-order valence-electron chi connectivity index (χ3n) is 6.15. The van der Waals surface area contributed by atoms with E-state index in [1.165, 1.54) is 54.8 Å². The summed E-state index contributed by atoms with van der Waals surface area (Å²) in [5.74, 6) is -3.97. The largest absolute Gasteiger partial charge is 0.508 e. The van der Waals surface area contributed by atoms with Crippen LogP contribution in [0.5, 0.6) is 23.0 Å². The Bertz CT molecular complexity index is 1800. The van der Waals surface area contributed by atoms with Crippen molar-refractivity contribution in [2.24, 2.45) is 0 Å². The maximum Gasteiger partial charge on any atom is 0.343 e. The Labute approximate surface area is 232 Å². The number of amides is 1. The second-order valence-electron chi connectivity index (χ2n) is 8.93. The van der Waals surface area contributed by atoms with Gasteiger partial charge in [-0.1, -0.05) is 36.4 Å². The highest BCUT2D eigenvalue weighted by molar-refractivity contribution is 6.16. The van der Waals surface area contributed by atoms with Gasteiger partial charge in [0.2, 0.25) is 5.78 Å². The van der Waals surface area contributed by atoms with Gasteiger partial charge >= 0.3 is 5.97 Å². The molecule has 6 N–H and O–H groups in total. The summed E-state index contributed by atoms with van der Waals surface area (Å²) in [5, 5.41) is 48.0. The number of phenols is 4. The maximum absolute atomic E-state index is 13.2. The van der Waals surface area contributed by atoms with E-state index < -0.39 is 34.7 Å². The smallest absolute Gasteiger partial charge is 0.343 e. The molecule has 0 spiro atoms. The van der Waals surface area contributed by atoms with Crippen LogP contribution < -0.4 is 10.6 Å². The molecule has 4 aromatic carbocycles. The zero-order valence-electron chi connectivity index (χ0n) is 21.2. The fourth-order valence-corrected chi connectivity index (χ4v) is 4.19. The number of nitrogens with one attached hydrogen (secondary N) is 2. The molecular weight excluding hydrogens is 528 g/mol. The third kappa shape index (κ3) is 5.57. The molecule has 0 unspecified atom stereocenters. The summed E-state index contributed by atoms with van der Waals surface area (Å²) in [5.41, 5.74) is -0.705. The van der Waals surface area contributed by atoms with Crippen LogP contribution in [-0.4, -0.2) is 38.1 Å². The highest BCUT2D eigenvalue weighted by Crippen LogP contribution is 2.36. The molecule has 0 saturated heterocycles. The molecule has 0 aromatic heterocycles. The number of allylic oxidation sites excluding steroid dienone is 3. The number of carbonyl (C=O) groups is 3. The van der Waals surface area contributed by atoms with Gasteiger partial charge in [0.05, 0.1) is 11.1 Å². The fraction of sp³-hybridized carbons (Fsp3) is 0. The average Bonchev–Trinajstić information content (AvgIpc) is 3.17. The predicted molar refractivity (Wildman–Crippen MR) is 148 cm³/mol. The lowest BCUT2D eigenvalue weighted by Gasteiger charge is -2.12. The van der Waals surface area contributed by atoms with Gasteiger partial charge in [-0.15, -0.1) is 0 Å². The summed E-state index contributed by atoms with van der Waals surface area (Å²) in [6.45, 7) is 0. The molecule has 1 amide bonds. The molecule has 0 bridgehead atoms. The molecule has 0 radical (unpaired) electrons. The molecule has 204 valence electrons.